The monoisotopic (exact) mass is 376 g/mol. The molecule has 27 heavy (non-hydrogen) atoms. The first kappa shape index (κ1) is 19.6. The van der Waals surface area contributed by atoms with Gasteiger partial charge in [0.15, 0.2) is 5.79 Å². The van der Waals surface area contributed by atoms with Crippen molar-refractivity contribution in [3.63, 3.8) is 0 Å². The molecular weight excluding hydrogens is 340 g/mol. The van der Waals surface area contributed by atoms with E-state index in [2.05, 4.69) is 13.0 Å². The van der Waals surface area contributed by atoms with E-state index in [0.29, 0.717) is 25.0 Å². The van der Waals surface area contributed by atoms with Crippen LogP contribution >= 0.6 is 0 Å². The van der Waals surface area contributed by atoms with E-state index in [4.69, 9.17) is 14.2 Å². The van der Waals surface area contributed by atoms with Crippen molar-refractivity contribution in [1.82, 2.24) is 0 Å². The fourth-order valence-corrected chi connectivity index (χ4v) is 6.59. The van der Waals surface area contributed by atoms with E-state index >= 15 is 0 Å². The lowest BCUT2D eigenvalue weighted by Gasteiger charge is -2.51. The SMILES string of the molecule is CCOC[C@]1(O)CC[C@H]2[C@@H]3CCC4=C(CCC(OC)(OC)C4)C3=CC[C@@]21C. The predicted molar refractivity (Wildman–Crippen MR) is 105 cm³/mol. The Kier molecular flexibility index (Phi) is 5.07. The molecular formula is C23H36O4. The van der Waals surface area contributed by atoms with Crippen molar-refractivity contribution in [2.24, 2.45) is 17.3 Å². The Balaban J connectivity index is 1.62. The minimum absolute atomic E-state index is 0.0636. The summed E-state index contributed by atoms with van der Waals surface area (Å²) in [6, 6.07) is 0. The van der Waals surface area contributed by atoms with Gasteiger partial charge in [0.1, 0.15) is 0 Å². The van der Waals surface area contributed by atoms with Gasteiger partial charge in [-0.1, -0.05) is 18.6 Å². The van der Waals surface area contributed by atoms with E-state index in [9.17, 15) is 5.11 Å². The molecule has 4 nitrogen and oxygen atoms in total. The maximum absolute atomic E-state index is 11.4. The van der Waals surface area contributed by atoms with Crippen LogP contribution in [0.4, 0.5) is 0 Å². The zero-order chi connectivity index (χ0) is 19.3. The smallest absolute Gasteiger partial charge is 0.171 e. The Bertz CT molecular complexity index is 647. The van der Waals surface area contributed by atoms with E-state index < -0.39 is 11.4 Å². The fraction of sp³-hybridized carbons (Fsp3) is 0.826. The summed E-state index contributed by atoms with van der Waals surface area (Å²) in [5.74, 6) is 0.727. The summed E-state index contributed by atoms with van der Waals surface area (Å²) in [6.45, 7) is 5.47. The molecule has 4 heteroatoms. The zero-order valence-corrected chi connectivity index (χ0v) is 17.5. The van der Waals surface area contributed by atoms with E-state index in [0.717, 1.165) is 44.9 Å². The van der Waals surface area contributed by atoms with Gasteiger partial charge >= 0.3 is 0 Å². The molecule has 0 spiro atoms. The van der Waals surface area contributed by atoms with Crippen LogP contribution in [-0.2, 0) is 14.2 Å². The summed E-state index contributed by atoms with van der Waals surface area (Å²) in [5.41, 5.74) is 3.96. The molecule has 0 aromatic heterocycles. The van der Waals surface area contributed by atoms with Crippen molar-refractivity contribution < 1.29 is 19.3 Å². The van der Waals surface area contributed by atoms with Crippen LogP contribution in [0.25, 0.3) is 0 Å². The van der Waals surface area contributed by atoms with Gasteiger partial charge in [-0.2, -0.15) is 0 Å². The highest BCUT2D eigenvalue weighted by Gasteiger charge is 2.60. The standard InChI is InChI=1S/C23H36O4/c1-5-27-15-22(24)12-10-20-19-7-6-16-14-23(25-3,26-4)13-9-17(16)18(19)8-11-21(20,22)2/h8,19-20,24H,5-7,9-15H2,1-4H3/t19-,20+,21+,22-/m1/s1. The lowest BCUT2D eigenvalue weighted by Crippen LogP contribution is -2.51. The van der Waals surface area contributed by atoms with Gasteiger partial charge in [0.05, 0.1) is 12.2 Å². The molecule has 0 aromatic rings. The lowest BCUT2D eigenvalue weighted by atomic mass is 9.56. The minimum atomic E-state index is -0.682. The highest BCUT2D eigenvalue weighted by atomic mass is 16.7. The number of fused-ring (bicyclic) bond motifs is 4. The summed E-state index contributed by atoms with van der Waals surface area (Å²) >= 11 is 0. The summed E-state index contributed by atoms with van der Waals surface area (Å²) in [5, 5.41) is 11.4. The molecule has 0 aromatic carbocycles. The molecule has 0 amide bonds. The van der Waals surface area contributed by atoms with Crippen LogP contribution in [0.15, 0.2) is 22.8 Å². The minimum Gasteiger partial charge on any atom is -0.387 e. The Morgan fingerprint density at radius 2 is 1.93 bits per heavy atom. The van der Waals surface area contributed by atoms with Crippen LogP contribution in [0.5, 0.6) is 0 Å². The van der Waals surface area contributed by atoms with Gasteiger partial charge in [-0.05, 0) is 68.4 Å². The molecule has 152 valence electrons. The third kappa shape index (κ3) is 2.87. The molecule has 0 heterocycles. The second-order valence-corrected chi connectivity index (χ2v) is 9.32. The van der Waals surface area contributed by atoms with Gasteiger partial charge in [0, 0.05) is 39.1 Å². The molecule has 0 aliphatic heterocycles. The highest BCUT2D eigenvalue weighted by Crippen LogP contribution is 2.62. The van der Waals surface area contributed by atoms with Gasteiger partial charge < -0.3 is 19.3 Å². The van der Waals surface area contributed by atoms with E-state index in [-0.39, 0.29) is 5.41 Å². The Morgan fingerprint density at radius 1 is 1.15 bits per heavy atom. The Morgan fingerprint density at radius 3 is 2.63 bits per heavy atom. The second-order valence-electron chi connectivity index (χ2n) is 9.32. The van der Waals surface area contributed by atoms with Gasteiger partial charge in [0.25, 0.3) is 0 Å². The van der Waals surface area contributed by atoms with Crippen LogP contribution in [0.3, 0.4) is 0 Å². The van der Waals surface area contributed by atoms with E-state index in [1.165, 1.54) is 6.42 Å². The third-order valence-corrected chi connectivity index (χ3v) is 8.44. The first-order valence-corrected chi connectivity index (χ1v) is 10.7. The topological polar surface area (TPSA) is 47.9 Å². The maximum atomic E-state index is 11.4. The van der Waals surface area contributed by atoms with Crippen LogP contribution in [0.1, 0.15) is 65.2 Å². The van der Waals surface area contributed by atoms with E-state index in [1.54, 1.807) is 30.9 Å². The highest BCUT2D eigenvalue weighted by molar-refractivity contribution is 5.45. The number of methoxy groups -OCH3 is 2. The quantitative estimate of drug-likeness (QED) is 0.724. The average molecular weight is 377 g/mol. The molecule has 4 atom stereocenters. The van der Waals surface area contributed by atoms with Crippen molar-refractivity contribution in [3.8, 4) is 0 Å². The van der Waals surface area contributed by atoms with Crippen molar-refractivity contribution in [2.45, 2.75) is 76.6 Å². The maximum Gasteiger partial charge on any atom is 0.171 e. The lowest BCUT2D eigenvalue weighted by molar-refractivity contribution is -0.212. The molecule has 0 bridgehead atoms. The number of rotatable bonds is 5. The largest absolute Gasteiger partial charge is 0.387 e. The Labute approximate surface area is 164 Å². The van der Waals surface area contributed by atoms with Gasteiger partial charge in [-0.25, -0.2) is 0 Å². The number of allylic oxidation sites excluding steroid dienone is 3. The zero-order valence-electron chi connectivity index (χ0n) is 17.5. The number of hydrogen-bond acceptors (Lipinski definition) is 4. The number of ether oxygens (including phenoxy) is 3. The third-order valence-electron chi connectivity index (χ3n) is 8.44. The normalized spacial score (nSPS) is 40.3. The van der Waals surface area contributed by atoms with Crippen molar-refractivity contribution in [1.29, 1.82) is 0 Å². The van der Waals surface area contributed by atoms with Crippen LogP contribution < -0.4 is 0 Å². The first-order valence-electron chi connectivity index (χ1n) is 10.7. The van der Waals surface area contributed by atoms with Gasteiger partial charge in [-0.15, -0.1) is 0 Å². The number of aliphatic hydroxyl groups is 1. The molecule has 1 N–H and O–H groups in total. The first-order chi connectivity index (χ1) is 12.9. The van der Waals surface area contributed by atoms with Crippen LogP contribution in [0.2, 0.25) is 0 Å². The molecule has 0 radical (unpaired) electrons. The van der Waals surface area contributed by atoms with Crippen LogP contribution in [0, 0.1) is 17.3 Å². The van der Waals surface area contributed by atoms with Crippen LogP contribution in [-0.4, -0.2) is 43.9 Å². The van der Waals surface area contributed by atoms with Crippen molar-refractivity contribution >= 4 is 0 Å². The summed E-state index contributed by atoms with van der Waals surface area (Å²) in [4.78, 5) is 0. The second kappa shape index (κ2) is 6.98. The summed E-state index contributed by atoms with van der Waals surface area (Å²) < 4.78 is 17.2. The van der Waals surface area contributed by atoms with Crippen molar-refractivity contribution in [3.05, 3.63) is 22.8 Å². The molecule has 4 aliphatic rings. The van der Waals surface area contributed by atoms with Crippen molar-refractivity contribution in [2.75, 3.05) is 27.4 Å². The Hall–Kier alpha value is -0.680. The fourth-order valence-electron chi connectivity index (χ4n) is 6.59. The molecule has 0 unspecified atom stereocenters. The number of hydrogen-bond donors (Lipinski definition) is 1. The molecule has 0 saturated heterocycles. The average Bonchev–Trinajstić information content (AvgIpc) is 2.97. The predicted octanol–water partition coefficient (Wildman–Crippen LogP) is 4.38. The summed E-state index contributed by atoms with van der Waals surface area (Å²) in [7, 11) is 3.54. The van der Waals surface area contributed by atoms with E-state index in [1.807, 2.05) is 6.92 Å². The summed E-state index contributed by atoms with van der Waals surface area (Å²) in [6.07, 6.45) is 10.6. The molecule has 1 fully saturated rings. The molecule has 4 rings (SSSR count). The van der Waals surface area contributed by atoms with Gasteiger partial charge in [0.2, 0.25) is 0 Å². The van der Waals surface area contributed by atoms with Gasteiger partial charge in [-0.3, -0.25) is 0 Å². The molecule has 4 aliphatic carbocycles. The molecule has 1 saturated carbocycles.